The van der Waals surface area contributed by atoms with Gasteiger partial charge in [-0.15, -0.1) is 0 Å². The van der Waals surface area contributed by atoms with E-state index < -0.39 is 5.41 Å². The molecule has 0 radical (unpaired) electrons. The number of aliphatic hydroxyl groups excluding tert-OH is 1. The van der Waals surface area contributed by atoms with Gasteiger partial charge in [-0.25, -0.2) is 0 Å². The zero-order valence-electron chi connectivity index (χ0n) is 13.6. The number of hydrogen-bond acceptors (Lipinski definition) is 3. The molecule has 0 fully saturated rings. The molecular formula is C20H22O3. The van der Waals surface area contributed by atoms with Gasteiger partial charge in [-0.1, -0.05) is 19.1 Å². The van der Waals surface area contributed by atoms with Crippen LogP contribution >= 0.6 is 0 Å². The molecule has 0 saturated carbocycles. The van der Waals surface area contributed by atoms with Crippen LogP contribution in [0.25, 0.3) is 5.57 Å². The molecule has 0 amide bonds. The van der Waals surface area contributed by atoms with Gasteiger partial charge >= 0.3 is 0 Å². The first-order valence-electron chi connectivity index (χ1n) is 8.43. The van der Waals surface area contributed by atoms with Gasteiger partial charge in [-0.3, -0.25) is 4.79 Å². The monoisotopic (exact) mass is 310 g/mol. The topological polar surface area (TPSA) is 46.5 Å². The minimum atomic E-state index is -0.414. The summed E-state index contributed by atoms with van der Waals surface area (Å²) in [4.78, 5) is 12.5. The van der Waals surface area contributed by atoms with E-state index in [1.165, 1.54) is 16.7 Å². The summed E-state index contributed by atoms with van der Waals surface area (Å²) in [6.45, 7) is 2.07. The number of carbonyl (C=O) groups is 1. The summed E-state index contributed by atoms with van der Waals surface area (Å²) in [5, 5.41) is 10.1. The van der Waals surface area contributed by atoms with Gasteiger partial charge in [0, 0.05) is 11.3 Å². The molecule has 0 aliphatic heterocycles. The smallest absolute Gasteiger partial charge is 0.203 e. The lowest BCUT2D eigenvalue weighted by Crippen LogP contribution is -2.41. The molecule has 23 heavy (non-hydrogen) atoms. The number of fused-ring (bicyclic) bond motifs is 5. The largest absolute Gasteiger partial charge is 0.505 e. The van der Waals surface area contributed by atoms with Crippen LogP contribution in [-0.2, 0) is 11.2 Å². The zero-order valence-corrected chi connectivity index (χ0v) is 13.6. The van der Waals surface area contributed by atoms with Gasteiger partial charge in [-0.05, 0) is 66.5 Å². The fourth-order valence-electron chi connectivity index (χ4n) is 4.86. The molecule has 3 aliphatic carbocycles. The van der Waals surface area contributed by atoms with Crippen molar-refractivity contribution in [2.75, 3.05) is 7.11 Å². The van der Waals surface area contributed by atoms with Crippen molar-refractivity contribution >= 4 is 11.4 Å². The maximum atomic E-state index is 12.5. The summed E-state index contributed by atoms with van der Waals surface area (Å²) in [5.74, 6) is 1.29. The molecule has 0 spiro atoms. The van der Waals surface area contributed by atoms with Gasteiger partial charge < -0.3 is 9.84 Å². The lowest BCUT2D eigenvalue weighted by molar-refractivity contribution is -0.128. The molecule has 0 bridgehead atoms. The number of Topliss-reactive ketones (excluding diaryl/α,β-unsaturated/α-hetero) is 1. The number of allylic oxidation sites excluding steroid dienone is 4. The molecule has 120 valence electrons. The zero-order chi connectivity index (χ0) is 16.2. The van der Waals surface area contributed by atoms with E-state index in [1.807, 2.05) is 12.1 Å². The van der Waals surface area contributed by atoms with Gasteiger partial charge in [0.2, 0.25) is 5.78 Å². The molecule has 1 aromatic carbocycles. The molecule has 0 aromatic heterocycles. The van der Waals surface area contributed by atoms with Crippen LogP contribution in [-0.4, -0.2) is 18.0 Å². The predicted molar refractivity (Wildman–Crippen MR) is 89.3 cm³/mol. The van der Waals surface area contributed by atoms with E-state index in [2.05, 4.69) is 25.1 Å². The van der Waals surface area contributed by atoms with E-state index in [1.54, 1.807) is 7.11 Å². The maximum absolute atomic E-state index is 12.5. The Hall–Kier alpha value is -2.03. The van der Waals surface area contributed by atoms with E-state index in [4.69, 9.17) is 4.74 Å². The van der Waals surface area contributed by atoms with Crippen molar-refractivity contribution in [1.29, 1.82) is 0 Å². The van der Waals surface area contributed by atoms with E-state index in [9.17, 15) is 9.90 Å². The molecule has 3 atom stereocenters. The number of hydrogen-bond donors (Lipinski definition) is 1. The summed E-state index contributed by atoms with van der Waals surface area (Å²) in [6.07, 6.45) is 7.61. The third-order valence-electron chi connectivity index (χ3n) is 6.16. The van der Waals surface area contributed by atoms with Crippen LogP contribution < -0.4 is 4.74 Å². The Labute approximate surface area is 136 Å². The number of benzene rings is 1. The first-order valence-corrected chi connectivity index (χ1v) is 8.43. The van der Waals surface area contributed by atoms with Gasteiger partial charge in [0.15, 0.2) is 5.76 Å². The number of rotatable bonds is 2. The molecule has 3 nitrogen and oxygen atoms in total. The first-order chi connectivity index (χ1) is 11.1. The average Bonchev–Trinajstić information content (AvgIpc) is 2.85. The quantitative estimate of drug-likeness (QED) is 0.895. The Bertz CT molecular complexity index is 743. The van der Waals surface area contributed by atoms with E-state index in [0.29, 0.717) is 5.92 Å². The molecule has 3 heteroatoms. The van der Waals surface area contributed by atoms with Crippen molar-refractivity contribution in [3.63, 3.8) is 0 Å². The van der Waals surface area contributed by atoms with Crippen molar-refractivity contribution in [3.05, 3.63) is 47.2 Å². The number of methoxy groups -OCH3 is 1. The number of ketones is 1. The molecule has 1 N–H and O–H groups in total. The molecule has 4 rings (SSSR count). The van der Waals surface area contributed by atoms with Crippen molar-refractivity contribution < 1.29 is 14.6 Å². The fraction of sp³-hybridized carbons (Fsp3) is 0.450. The summed E-state index contributed by atoms with van der Waals surface area (Å²) in [5.41, 5.74) is 3.55. The Morgan fingerprint density at radius 2 is 2.22 bits per heavy atom. The highest BCUT2D eigenvalue weighted by Crippen LogP contribution is 2.57. The van der Waals surface area contributed by atoms with Crippen LogP contribution in [0, 0.1) is 17.3 Å². The van der Waals surface area contributed by atoms with Crippen molar-refractivity contribution in [3.8, 4) is 5.75 Å². The van der Waals surface area contributed by atoms with Crippen LogP contribution in [0.15, 0.2) is 36.1 Å². The summed E-state index contributed by atoms with van der Waals surface area (Å²) < 4.78 is 5.34. The average molecular weight is 310 g/mol. The minimum Gasteiger partial charge on any atom is -0.505 e. The Kier molecular flexibility index (Phi) is 3.15. The fourth-order valence-corrected chi connectivity index (χ4v) is 4.86. The third-order valence-corrected chi connectivity index (χ3v) is 6.16. The Balaban J connectivity index is 1.80. The van der Waals surface area contributed by atoms with Crippen LogP contribution in [0.4, 0.5) is 0 Å². The van der Waals surface area contributed by atoms with Gasteiger partial charge in [-0.2, -0.15) is 0 Å². The minimum absolute atomic E-state index is 0.0213. The van der Waals surface area contributed by atoms with E-state index >= 15 is 0 Å². The number of ether oxygens (including phenoxy) is 1. The normalized spacial score (nSPS) is 31.7. The number of aliphatic hydroxyl groups is 1. The summed E-state index contributed by atoms with van der Waals surface area (Å²) in [7, 11) is 1.69. The van der Waals surface area contributed by atoms with Gasteiger partial charge in [0.1, 0.15) is 5.75 Å². The molecule has 0 unspecified atom stereocenters. The Morgan fingerprint density at radius 3 is 2.96 bits per heavy atom. The Morgan fingerprint density at radius 1 is 1.39 bits per heavy atom. The summed E-state index contributed by atoms with van der Waals surface area (Å²) in [6, 6.07) is 6.28. The lowest BCUT2D eigenvalue weighted by Gasteiger charge is -2.44. The van der Waals surface area contributed by atoms with Crippen LogP contribution in [0.1, 0.15) is 37.3 Å². The van der Waals surface area contributed by atoms with Crippen LogP contribution in [0.2, 0.25) is 0 Å². The predicted octanol–water partition coefficient (Wildman–Crippen LogP) is 4.08. The molecule has 1 aromatic rings. The molecular weight excluding hydrogens is 288 g/mol. The maximum Gasteiger partial charge on any atom is 0.203 e. The second-order valence-corrected chi connectivity index (χ2v) is 6.95. The van der Waals surface area contributed by atoms with Crippen molar-refractivity contribution in [2.45, 2.75) is 32.6 Å². The van der Waals surface area contributed by atoms with Crippen molar-refractivity contribution in [2.24, 2.45) is 17.3 Å². The second-order valence-electron chi connectivity index (χ2n) is 6.95. The highest BCUT2D eigenvalue weighted by atomic mass is 16.5. The standard InChI is InChI=1S/C20H22O3/c1-3-20-9-8-15-14-7-5-13(23-2)10-12(14)4-6-16(15)17(20)11-18(21)19(20)22/h5,7-8,10-11,16-17,21H,3-4,6,9H2,1-2H3/t16-,17-,20+/m0/s1. The van der Waals surface area contributed by atoms with Gasteiger partial charge in [0.05, 0.1) is 7.11 Å². The van der Waals surface area contributed by atoms with Crippen molar-refractivity contribution in [1.82, 2.24) is 0 Å². The first kappa shape index (κ1) is 14.6. The molecule has 0 saturated heterocycles. The SMILES string of the molecule is CC[C@@]12CC=C3c4ccc(OC)cc4CC[C@@H]3[C@@H]1C=C(O)C2=O. The van der Waals surface area contributed by atoms with Crippen LogP contribution in [0.3, 0.4) is 0 Å². The molecule has 0 heterocycles. The third kappa shape index (κ3) is 1.85. The number of carbonyl (C=O) groups excluding carboxylic acids is 1. The second kappa shape index (κ2) is 4.98. The van der Waals surface area contributed by atoms with Crippen LogP contribution in [0.5, 0.6) is 5.75 Å². The van der Waals surface area contributed by atoms with Gasteiger partial charge in [0.25, 0.3) is 0 Å². The lowest BCUT2D eigenvalue weighted by atomic mass is 9.58. The number of aryl methyl sites for hydroxylation is 1. The highest BCUT2D eigenvalue weighted by molar-refractivity contribution is 6.02. The highest BCUT2D eigenvalue weighted by Gasteiger charge is 2.54. The van der Waals surface area contributed by atoms with E-state index in [-0.39, 0.29) is 17.5 Å². The summed E-state index contributed by atoms with van der Waals surface area (Å²) >= 11 is 0. The molecule has 3 aliphatic rings. The van der Waals surface area contributed by atoms with E-state index in [0.717, 1.165) is 31.4 Å².